The van der Waals surface area contributed by atoms with Crippen molar-refractivity contribution in [3.63, 3.8) is 0 Å². The molecular formula is C21H22N2O2Si. The van der Waals surface area contributed by atoms with Crippen LogP contribution in [0.5, 0.6) is 0 Å². The first-order chi connectivity index (χ1) is 12.4. The highest BCUT2D eigenvalue weighted by molar-refractivity contribution is 6.78. The number of benzene rings is 2. The van der Waals surface area contributed by atoms with Crippen LogP contribution in [0.15, 0.2) is 65.7 Å². The fourth-order valence-corrected chi connectivity index (χ4v) is 5.97. The number of aliphatic imine (C=N–C) groups is 1. The Balaban J connectivity index is 1.83. The van der Waals surface area contributed by atoms with Gasteiger partial charge >= 0.3 is 0 Å². The third kappa shape index (κ3) is 2.54. The molecule has 0 spiro atoms. The smallest absolute Gasteiger partial charge is 0.243 e. The Morgan fingerprint density at radius 2 is 1.42 bits per heavy atom. The fourth-order valence-electron chi connectivity index (χ4n) is 4.03. The van der Waals surface area contributed by atoms with Crippen LogP contribution in [0.3, 0.4) is 0 Å². The lowest BCUT2D eigenvalue weighted by molar-refractivity contribution is -0.122. The zero-order valence-corrected chi connectivity index (χ0v) is 16.2. The summed E-state index contributed by atoms with van der Waals surface area (Å²) in [6, 6.07) is 19.0. The normalized spacial score (nSPS) is 25.4. The highest BCUT2D eigenvalue weighted by Gasteiger charge is 2.59. The second-order valence-corrected chi connectivity index (χ2v) is 13.4. The number of para-hydroxylation sites is 1. The van der Waals surface area contributed by atoms with Gasteiger partial charge in [0, 0.05) is 0 Å². The van der Waals surface area contributed by atoms with Crippen molar-refractivity contribution in [2.75, 3.05) is 4.90 Å². The number of hydrogen-bond donors (Lipinski definition) is 0. The molecule has 2 aliphatic rings. The van der Waals surface area contributed by atoms with E-state index in [1.54, 1.807) is 0 Å². The number of amides is 2. The van der Waals surface area contributed by atoms with Gasteiger partial charge in [-0.1, -0.05) is 68.2 Å². The van der Waals surface area contributed by atoms with E-state index in [4.69, 9.17) is 4.99 Å². The first-order valence-electron chi connectivity index (χ1n) is 8.95. The molecule has 2 amide bonds. The van der Waals surface area contributed by atoms with Gasteiger partial charge in [-0.3, -0.25) is 14.6 Å². The molecule has 2 aromatic rings. The molecule has 3 atom stereocenters. The molecule has 4 nitrogen and oxygen atoms in total. The molecule has 0 N–H and O–H groups in total. The van der Waals surface area contributed by atoms with Crippen molar-refractivity contribution in [3.8, 4) is 0 Å². The van der Waals surface area contributed by atoms with Crippen LogP contribution < -0.4 is 4.90 Å². The van der Waals surface area contributed by atoms with Crippen LogP contribution in [-0.4, -0.2) is 31.3 Å². The van der Waals surface area contributed by atoms with E-state index in [1.807, 2.05) is 60.7 Å². The zero-order valence-electron chi connectivity index (χ0n) is 15.2. The summed E-state index contributed by atoms with van der Waals surface area (Å²) in [7, 11) is -1.77. The minimum absolute atomic E-state index is 0.0760. The molecule has 2 aliphatic heterocycles. The summed E-state index contributed by atoms with van der Waals surface area (Å²) in [5.74, 6) is -1.09. The van der Waals surface area contributed by atoms with Gasteiger partial charge in [-0.25, -0.2) is 4.90 Å². The van der Waals surface area contributed by atoms with Crippen LogP contribution in [-0.2, 0) is 9.59 Å². The summed E-state index contributed by atoms with van der Waals surface area (Å²) in [4.78, 5) is 32.9. The molecule has 4 rings (SSSR count). The molecule has 1 fully saturated rings. The Labute approximate surface area is 154 Å². The van der Waals surface area contributed by atoms with E-state index in [0.29, 0.717) is 5.69 Å². The van der Waals surface area contributed by atoms with E-state index < -0.39 is 14.0 Å². The fraction of sp³-hybridized carbons (Fsp3) is 0.286. The van der Waals surface area contributed by atoms with Crippen LogP contribution in [0.4, 0.5) is 5.69 Å². The summed E-state index contributed by atoms with van der Waals surface area (Å²) in [5, 5.41) is 0. The average Bonchev–Trinajstić information content (AvgIpc) is 3.14. The van der Waals surface area contributed by atoms with Gasteiger partial charge in [-0.05, 0) is 17.7 Å². The van der Waals surface area contributed by atoms with Crippen molar-refractivity contribution >= 4 is 31.3 Å². The topological polar surface area (TPSA) is 49.7 Å². The van der Waals surface area contributed by atoms with Gasteiger partial charge in [0.15, 0.2) is 0 Å². The second-order valence-electron chi connectivity index (χ2n) is 8.04. The molecule has 0 unspecified atom stereocenters. The monoisotopic (exact) mass is 362 g/mol. The number of nitrogens with zero attached hydrogens (tertiary/aromatic N) is 2. The molecule has 0 radical (unpaired) electrons. The van der Waals surface area contributed by atoms with Crippen molar-refractivity contribution in [2.45, 2.75) is 25.3 Å². The van der Waals surface area contributed by atoms with Crippen molar-refractivity contribution < 1.29 is 9.59 Å². The molecule has 0 aliphatic carbocycles. The van der Waals surface area contributed by atoms with E-state index >= 15 is 0 Å². The van der Waals surface area contributed by atoms with Gasteiger partial charge < -0.3 is 0 Å². The molecule has 1 saturated heterocycles. The number of fused-ring (bicyclic) bond motifs is 1. The van der Waals surface area contributed by atoms with Crippen molar-refractivity contribution in [3.05, 3.63) is 66.2 Å². The van der Waals surface area contributed by atoms with Crippen molar-refractivity contribution in [2.24, 2.45) is 16.8 Å². The molecule has 0 bridgehead atoms. The van der Waals surface area contributed by atoms with Crippen LogP contribution in [0.1, 0.15) is 5.56 Å². The highest BCUT2D eigenvalue weighted by Crippen LogP contribution is 2.43. The summed E-state index contributed by atoms with van der Waals surface area (Å²) in [6.07, 6.45) is 0. The largest absolute Gasteiger partial charge is 0.287 e. The number of carbonyl (C=O) groups excluding carboxylic acids is 2. The van der Waals surface area contributed by atoms with Gasteiger partial charge in [0.1, 0.15) is 0 Å². The Morgan fingerprint density at radius 1 is 0.846 bits per heavy atom. The second kappa shape index (κ2) is 6.02. The summed E-state index contributed by atoms with van der Waals surface area (Å²) >= 11 is 0. The van der Waals surface area contributed by atoms with Gasteiger partial charge in [0.2, 0.25) is 11.8 Å². The van der Waals surface area contributed by atoms with Crippen LogP contribution in [0, 0.1) is 11.8 Å². The number of carbonyl (C=O) groups is 2. The lowest BCUT2D eigenvalue weighted by Crippen LogP contribution is -2.44. The maximum absolute atomic E-state index is 13.3. The maximum Gasteiger partial charge on any atom is 0.243 e. The van der Waals surface area contributed by atoms with E-state index in [0.717, 1.165) is 11.3 Å². The van der Waals surface area contributed by atoms with E-state index in [2.05, 4.69) is 19.6 Å². The Kier molecular flexibility index (Phi) is 3.92. The van der Waals surface area contributed by atoms with E-state index in [1.165, 1.54) is 4.90 Å². The number of imide groups is 1. The lowest BCUT2D eigenvalue weighted by atomic mass is 9.90. The number of anilines is 1. The van der Waals surface area contributed by atoms with Gasteiger partial charge in [0.25, 0.3) is 0 Å². The molecule has 26 heavy (non-hydrogen) atoms. The molecule has 2 heterocycles. The van der Waals surface area contributed by atoms with Crippen LogP contribution in [0.2, 0.25) is 19.6 Å². The number of hydrogen-bond acceptors (Lipinski definition) is 3. The average molecular weight is 363 g/mol. The minimum atomic E-state index is -1.77. The maximum atomic E-state index is 13.3. The Bertz CT molecular complexity index is 887. The molecule has 132 valence electrons. The predicted molar refractivity (Wildman–Crippen MR) is 106 cm³/mol. The summed E-state index contributed by atoms with van der Waals surface area (Å²) in [6.45, 7) is 6.65. The van der Waals surface area contributed by atoms with Gasteiger partial charge in [-0.2, -0.15) is 0 Å². The quantitative estimate of drug-likeness (QED) is 0.619. The third-order valence-electron chi connectivity index (χ3n) is 5.24. The highest BCUT2D eigenvalue weighted by atomic mass is 28.3. The molecular weight excluding hydrogens is 340 g/mol. The molecule has 0 saturated carbocycles. The zero-order chi connectivity index (χ0) is 18.5. The van der Waals surface area contributed by atoms with Crippen molar-refractivity contribution in [1.29, 1.82) is 0 Å². The van der Waals surface area contributed by atoms with Gasteiger partial charge in [-0.15, -0.1) is 0 Å². The van der Waals surface area contributed by atoms with Crippen LogP contribution >= 0.6 is 0 Å². The minimum Gasteiger partial charge on any atom is -0.287 e. The number of rotatable bonds is 3. The van der Waals surface area contributed by atoms with E-state index in [9.17, 15) is 9.59 Å². The molecule has 2 aromatic carbocycles. The predicted octanol–water partition coefficient (Wildman–Crippen LogP) is 3.54. The first kappa shape index (κ1) is 16.9. The van der Waals surface area contributed by atoms with Crippen molar-refractivity contribution in [1.82, 2.24) is 0 Å². The molecule has 0 aromatic heterocycles. The van der Waals surface area contributed by atoms with Crippen LogP contribution in [0.25, 0.3) is 0 Å². The Hall–Kier alpha value is -2.53. The third-order valence-corrected chi connectivity index (χ3v) is 7.50. The SMILES string of the molecule is C[Si](C)(C)[C@@H]1N=C(c2ccccc2)[C@@H]2C(=O)N(c3ccccc3)C(=O)[C@@H]21. The molecule has 5 heteroatoms. The Morgan fingerprint density at radius 3 is 2.00 bits per heavy atom. The lowest BCUT2D eigenvalue weighted by Gasteiger charge is -2.27. The van der Waals surface area contributed by atoms with Gasteiger partial charge in [0.05, 0.1) is 37.0 Å². The summed E-state index contributed by atoms with van der Waals surface area (Å²) in [5.41, 5.74) is 2.30. The standard InChI is InChI=1S/C21H22N2O2Si/c1-26(2,3)19-17-16(18(22-19)14-10-6-4-7-11-14)20(24)23(21(17)25)15-12-8-5-9-13-15/h4-13,16-17,19H,1-3H3/t16-,17+,19+/m1/s1. The van der Waals surface area contributed by atoms with E-state index in [-0.39, 0.29) is 23.4 Å². The summed E-state index contributed by atoms with van der Waals surface area (Å²) < 4.78 is 0. The first-order valence-corrected chi connectivity index (χ1v) is 12.5.